The fourth-order valence-corrected chi connectivity index (χ4v) is 1.80. The lowest BCUT2D eigenvalue weighted by Crippen LogP contribution is -2.36. The molecule has 7 nitrogen and oxygen atoms in total. The first-order valence-electron chi connectivity index (χ1n) is 6.62. The van der Waals surface area contributed by atoms with Gasteiger partial charge in [-0.1, -0.05) is 18.2 Å². The third-order valence-corrected chi connectivity index (χ3v) is 3.07. The number of hydrogen-bond donors (Lipinski definition) is 3. The molecule has 2 unspecified atom stereocenters. The van der Waals surface area contributed by atoms with E-state index in [1.807, 2.05) is 0 Å². The van der Waals surface area contributed by atoms with Crippen molar-refractivity contribution < 1.29 is 29.7 Å². The zero-order valence-corrected chi connectivity index (χ0v) is 12.8. The fourth-order valence-electron chi connectivity index (χ4n) is 1.80. The van der Waals surface area contributed by atoms with Crippen LogP contribution in [0.2, 0.25) is 0 Å². The molecule has 2 atom stereocenters. The largest absolute Gasteiger partial charge is 0.481 e. The van der Waals surface area contributed by atoms with Gasteiger partial charge in [0.2, 0.25) is 0 Å². The van der Waals surface area contributed by atoms with Gasteiger partial charge in [0.1, 0.15) is 5.41 Å². The van der Waals surface area contributed by atoms with Crippen molar-refractivity contribution in [2.45, 2.75) is 25.7 Å². The molecule has 0 aromatic heterocycles. The van der Waals surface area contributed by atoms with Gasteiger partial charge in [-0.05, 0) is 12.3 Å². The first-order chi connectivity index (χ1) is 10.7. The van der Waals surface area contributed by atoms with Crippen molar-refractivity contribution in [3.8, 4) is 6.07 Å². The van der Waals surface area contributed by atoms with Crippen LogP contribution in [0.15, 0.2) is 38.0 Å². The van der Waals surface area contributed by atoms with E-state index in [0.29, 0.717) is 0 Å². The molecule has 0 fully saturated rings. The molecule has 0 saturated carbocycles. The second kappa shape index (κ2) is 11.7. The molecular weight excluding hydrogens is 302 g/mol. The van der Waals surface area contributed by atoms with Gasteiger partial charge in [0.25, 0.3) is 0 Å². The van der Waals surface area contributed by atoms with Gasteiger partial charge in [-0.25, -0.2) is 0 Å². The highest BCUT2D eigenvalue weighted by Crippen LogP contribution is 2.37. The number of rotatable bonds is 10. The highest BCUT2D eigenvalue weighted by molar-refractivity contribution is 5.78. The van der Waals surface area contributed by atoms with Gasteiger partial charge in [0.15, 0.2) is 0 Å². The zero-order valence-electron chi connectivity index (χ0n) is 12.8. The van der Waals surface area contributed by atoms with Gasteiger partial charge in [-0.2, -0.15) is 5.26 Å². The summed E-state index contributed by atoms with van der Waals surface area (Å²) in [6.45, 7) is 10.2. The maximum atomic E-state index is 11.3. The van der Waals surface area contributed by atoms with Gasteiger partial charge >= 0.3 is 17.9 Å². The van der Waals surface area contributed by atoms with Gasteiger partial charge in [-0.3, -0.25) is 14.4 Å². The number of carboxylic acids is 3. The van der Waals surface area contributed by atoms with Crippen LogP contribution in [0.1, 0.15) is 25.7 Å². The summed E-state index contributed by atoms with van der Waals surface area (Å²) >= 11 is 0. The molecule has 3 N–H and O–H groups in total. The Kier molecular flexibility index (Phi) is 11.4. The van der Waals surface area contributed by atoms with Crippen molar-refractivity contribution in [2.24, 2.45) is 11.3 Å². The molecule has 0 rings (SSSR count). The molecule has 0 aromatic carbocycles. The van der Waals surface area contributed by atoms with Crippen molar-refractivity contribution in [1.82, 2.24) is 0 Å². The quantitative estimate of drug-likeness (QED) is 0.525. The molecule has 23 heavy (non-hydrogen) atoms. The first kappa shape index (κ1) is 22.4. The average Bonchev–Trinajstić information content (AvgIpc) is 2.46. The summed E-state index contributed by atoms with van der Waals surface area (Å²) in [7, 11) is 0. The van der Waals surface area contributed by atoms with Crippen molar-refractivity contribution >= 4 is 17.9 Å². The van der Waals surface area contributed by atoms with E-state index in [1.165, 1.54) is 18.2 Å². The topological polar surface area (TPSA) is 136 Å². The number of nitriles is 1. The molecule has 0 bridgehead atoms. The van der Waals surface area contributed by atoms with Crippen LogP contribution in [0, 0.1) is 22.7 Å². The third kappa shape index (κ3) is 8.21. The van der Waals surface area contributed by atoms with Crippen LogP contribution in [-0.4, -0.2) is 33.2 Å². The van der Waals surface area contributed by atoms with Crippen LogP contribution >= 0.6 is 0 Å². The summed E-state index contributed by atoms with van der Waals surface area (Å²) in [6.07, 6.45) is 3.64. The predicted octanol–water partition coefficient (Wildman–Crippen LogP) is 2.47. The molecule has 7 heteroatoms. The molecule has 0 spiro atoms. The fraction of sp³-hybridized carbons (Fsp3) is 0.375. The Bertz CT molecular complexity index is 505. The summed E-state index contributed by atoms with van der Waals surface area (Å²) in [5.41, 5.74) is -1.47. The normalized spacial score (nSPS) is 13.0. The van der Waals surface area contributed by atoms with Crippen LogP contribution in [0.25, 0.3) is 0 Å². The maximum absolute atomic E-state index is 11.3. The Balaban J connectivity index is 0. The molecule has 0 aromatic rings. The molecule has 0 aliphatic rings. The summed E-state index contributed by atoms with van der Waals surface area (Å²) in [5, 5.41) is 34.3. The van der Waals surface area contributed by atoms with Crippen molar-refractivity contribution in [3.63, 3.8) is 0 Å². The SMILES string of the molecule is C=CC(CCC(=O)O)C(C=C)(CC#N)C(=O)O.C=CCC(=O)O. The van der Waals surface area contributed by atoms with E-state index < -0.39 is 29.2 Å². The van der Waals surface area contributed by atoms with E-state index in [-0.39, 0.29) is 25.7 Å². The third-order valence-electron chi connectivity index (χ3n) is 3.07. The summed E-state index contributed by atoms with van der Waals surface area (Å²) in [5.74, 6) is -3.67. The van der Waals surface area contributed by atoms with Crippen molar-refractivity contribution in [3.05, 3.63) is 38.0 Å². The average molecular weight is 323 g/mol. The lowest BCUT2D eigenvalue weighted by molar-refractivity contribution is -0.148. The Morgan fingerprint density at radius 2 is 1.70 bits per heavy atom. The second-order valence-corrected chi connectivity index (χ2v) is 4.55. The molecule has 0 aliphatic carbocycles. The minimum atomic E-state index is -1.47. The van der Waals surface area contributed by atoms with Gasteiger partial charge in [-0.15, -0.1) is 19.7 Å². The van der Waals surface area contributed by atoms with E-state index in [9.17, 15) is 19.5 Å². The van der Waals surface area contributed by atoms with E-state index in [2.05, 4.69) is 19.7 Å². The Morgan fingerprint density at radius 3 is 1.91 bits per heavy atom. The van der Waals surface area contributed by atoms with Crippen molar-refractivity contribution in [1.29, 1.82) is 5.26 Å². The highest BCUT2D eigenvalue weighted by Gasteiger charge is 2.41. The minimum Gasteiger partial charge on any atom is -0.481 e. The number of nitrogens with zero attached hydrogens (tertiary/aromatic N) is 1. The molecule has 0 amide bonds. The first-order valence-corrected chi connectivity index (χ1v) is 6.62. The van der Waals surface area contributed by atoms with Crippen LogP contribution < -0.4 is 0 Å². The standard InChI is InChI=1S/C12H15NO4.C4H6O2/c1-3-9(5-6-10(14)15)12(4-2,7-8-13)11(16)17;1-2-3-4(5)6/h3-4,9H,1-2,5-7H2,(H,14,15)(H,16,17);2H,1,3H2,(H,5,6). The lowest BCUT2D eigenvalue weighted by Gasteiger charge is -2.30. The van der Waals surface area contributed by atoms with Crippen LogP contribution in [0.5, 0.6) is 0 Å². The maximum Gasteiger partial charge on any atom is 0.315 e. The van der Waals surface area contributed by atoms with E-state index >= 15 is 0 Å². The summed E-state index contributed by atoms with van der Waals surface area (Å²) in [6, 6.07) is 1.80. The zero-order chi connectivity index (χ0) is 18.5. The number of aliphatic carboxylic acids is 3. The number of hydrogen-bond acceptors (Lipinski definition) is 4. The Hall–Kier alpha value is -2.88. The van der Waals surface area contributed by atoms with E-state index in [4.69, 9.17) is 15.5 Å². The monoisotopic (exact) mass is 323 g/mol. The van der Waals surface area contributed by atoms with E-state index in [1.54, 1.807) is 6.07 Å². The van der Waals surface area contributed by atoms with Gasteiger partial charge in [0.05, 0.1) is 18.9 Å². The smallest absolute Gasteiger partial charge is 0.315 e. The Morgan fingerprint density at radius 1 is 1.13 bits per heavy atom. The number of carboxylic acid groups (broad SMARTS) is 3. The van der Waals surface area contributed by atoms with Crippen LogP contribution in [-0.2, 0) is 14.4 Å². The number of allylic oxidation sites excluding steroid dienone is 1. The summed E-state index contributed by atoms with van der Waals surface area (Å²) in [4.78, 5) is 31.3. The molecule has 0 radical (unpaired) electrons. The molecular formula is C16H21NO6. The second-order valence-electron chi connectivity index (χ2n) is 4.55. The predicted molar refractivity (Wildman–Crippen MR) is 83.5 cm³/mol. The molecule has 126 valence electrons. The number of carbonyl (C=O) groups is 3. The van der Waals surface area contributed by atoms with E-state index in [0.717, 1.165) is 0 Å². The molecule has 0 saturated heterocycles. The minimum absolute atomic E-state index is 0.0556. The molecule has 0 heterocycles. The van der Waals surface area contributed by atoms with Crippen LogP contribution in [0.3, 0.4) is 0 Å². The summed E-state index contributed by atoms with van der Waals surface area (Å²) < 4.78 is 0. The highest BCUT2D eigenvalue weighted by atomic mass is 16.4. The molecule has 0 aliphatic heterocycles. The van der Waals surface area contributed by atoms with Gasteiger partial charge in [0, 0.05) is 6.42 Å². The van der Waals surface area contributed by atoms with Crippen molar-refractivity contribution in [2.75, 3.05) is 0 Å². The van der Waals surface area contributed by atoms with Crippen LogP contribution in [0.4, 0.5) is 0 Å². The Labute approximate surface area is 134 Å². The van der Waals surface area contributed by atoms with Gasteiger partial charge < -0.3 is 15.3 Å². The lowest BCUT2D eigenvalue weighted by atomic mass is 9.71.